The van der Waals surface area contributed by atoms with Gasteiger partial charge < -0.3 is 25.6 Å². The third-order valence-electron chi connectivity index (χ3n) is 7.03. The molecule has 0 spiro atoms. The van der Waals surface area contributed by atoms with Crippen molar-refractivity contribution in [2.24, 2.45) is 7.05 Å². The lowest BCUT2D eigenvalue weighted by atomic mass is 10.0. The Morgan fingerprint density at radius 2 is 1.97 bits per heavy atom. The molecule has 6 rings (SSSR count). The highest BCUT2D eigenvalue weighted by Gasteiger charge is 2.28. The molecule has 2 fully saturated rings. The van der Waals surface area contributed by atoms with Crippen LogP contribution in [0.3, 0.4) is 0 Å². The minimum absolute atomic E-state index is 0.0145. The molecular formula is C27H29FN8O3. The number of anilines is 2. The lowest BCUT2D eigenvalue weighted by molar-refractivity contribution is -0.125. The van der Waals surface area contributed by atoms with Crippen LogP contribution < -0.4 is 25.6 Å². The number of amides is 2. The first-order valence-electron chi connectivity index (χ1n) is 12.9. The second kappa shape index (κ2) is 9.77. The van der Waals surface area contributed by atoms with E-state index in [1.165, 1.54) is 10.7 Å². The number of rotatable bonds is 5. The van der Waals surface area contributed by atoms with E-state index in [0.717, 1.165) is 18.8 Å². The molecule has 0 bridgehead atoms. The Morgan fingerprint density at radius 1 is 1.18 bits per heavy atom. The third-order valence-corrected chi connectivity index (χ3v) is 7.03. The average Bonchev–Trinajstić information content (AvgIpc) is 3.47. The van der Waals surface area contributed by atoms with Crippen LogP contribution >= 0.6 is 0 Å². The SMILES string of the molecule is C[C@@H]1CN(c2ccc(C(=O)Nc3cc(F)c4nn(C)cc4c3)c3nc(OC4CCNC4=O)ncc23)C[C@H](C)N1. The maximum atomic E-state index is 14.7. The van der Waals surface area contributed by atoms with E-state index in [-0.39, 0.29) is 35.1 Å². The number of carbonyl (C=O) groups excluding carboxylic acids is 2. The molecule has 1 unspecified atom stereocenters. The summed E-state index contributed by atoms with van der Waals surface area (Å²) in [7, 11) is 1.71. The van der Waals surface area contributed by atoms with Crippen molar-refractivity contribution in [1.29, 1.82) is 0 Å². The van der Waals surface area contributed by atoms with Crippen LogP contribution in [0.15, 0.2) is 36.7 Å². The van der Waals surface area contributed by atoms with E-state index in [9.17, 15) is 14.0 Å². The summed E-state index contributed by atoms with van der Waals surface area (Å²) in [6.07, 6.45) is 3.14. The normalized spacial score (nSPS) is 21.4. The Morgan fingerprint density at radius 3 is 2.72 bits per heavy atom. The number of fused-ring (bicyclic) bond motifs is 2. The number of ether oxygens (including phenoxy) is 1. The lowest BCUT2D eigenvalue weighted by Gasteiger charge is -2.38. The molecule has 3 atom stereocenters. The van der Waals surface area contributed by atoms with Crippen molar-refractivity contribution in [2.75, 3.05) is 29.9 Å². The van der Waals surface area contributed by atoms with Gasteiger partial charge in [-0.25, -0.2) is 9.37 Å². The topological polar surface area (TPSA) is 126 Å². The average molecular weight is 533 g/mol. The zero-order valence-electron chi connectivity index (χ0n) is 21.9. The number of hydrogen-bond acceptors (Lipinski definition) is 8. The molecule has 2 aromatic heterocycles. The third kappa shape index (κ3) is 4.83. The fraction of sp³-hybridized carbons (Fsp3) is 0.370. The second-order valence-electron chi connectivity index (χ2n) is 10.3. The van der Waals surface area contributed by atoms with Crippen molar-refractivity contribution in [1.82, 2.24) is 30.4 Å². The zero-order chi connectivity index (χ0) is 27.3. The van der Waals surface area contributed by atoms with Crippen molar-refractivity contribution in [2.45, 2.75) is 38.5 Å². The summed E-state index contributed by atoms with van der Waals surface area (Å²) >= 11 is 0. The molecule has 2 aliphatic rings. The first-order chi connectivity index (χ1) is 18.7. The Bertz CT molecular complexity index is 1600. The van der Waals surface area contributed by atoms with Crippen molar-refractivity contribution in [3.63, 3.8) is 0 Å². The number of carbonyl (C=O) groups is 2. The molecule has 2 amide bonds. The molecule has 3 N–H and O–H groups in total. The molecule has 4 heterocycles. The highest BCUT2D eigenvalue weighted by Crippen LogP contribution is 2.32. The van der Waals surface area contributed by atoms with Gasteiger partial charge in [-0.1, -0.05) is 0 Å². The quantitative estimate of drug-likeness (QED) is 0.358. The molecule has 12 heteroatoms. The van der Waals surface area contributed by atoms with Crippen LogP contribution in [0.25, 0.3) is 21.8 Å². The van der Waals surface area contributed by atoms with E-state index in [0.29, 0.717) is 34.9 Å². The standard InChI is InChI=1S/C27H29FN8O3/c1-14-11-36(12-15(2)31-14)21-5-4-18(24-19(21)10-30-27(33-24)39-22-6-7-29-26(22)38)25(37)32-17-8-16-13-35(3)34-23(16)20(28)9-17/h4-5,8-10,13-15,22,31H,6-7,11-12H2,1-3H3,(H,29,38)(H,32,37)/t14-,15+,22?. The van der Waals surface area contributed by atoms with Crippen LogP contribution in [-0.4, -0.2) is 69.4 Å². The van der Waals surface area contributed by atoms with Crippen LogP contribution in [-0.2, 0) is 11.8 Å². The van der Waals surface area contributed by atoms with E-state index in [4.69, 9.17) is 4.74 Å². The summed E-state index contributed by atoms with van der Waals surface area (Å²) in [5.41, 5.74) is 2.09. The molecule has 0 radical (unpaired) electrons. The summed E-state index contributed by atoms with van der Waals surface area (Å²) in [6, 6.07) is 7.08. The Hall–Kier alpha value is -4.32. The van der Waals surface area contributed by atoms with Crippen LogP contribution in [0, 0.1) is 5.82 Å². The summed E-state index contributed by atoms with van der Waals surface area (Å²) in [5.74, 6) is -1.21. The predicted molar refractivity (Wildman–Crippen MR) is 144 cm³/mol. The first kappa shape index (κ1) is 25.0. The van der Waals surface area contributed by atoms with E-state index in [1.807, 2.05) is 6.07 Å². The minimum Gasteiger partial charge on any atom is -0.450 e. The molecule has 0 saturated carbocycles. The van der Waals surface area contributed by atoms with E-state index >= 15 is 0 Å². The summed E-state index contributed by atoms with van der Waals surface area (Å²) in [6.45, 7) is 6.32. The van der Waals surface area contributed by atoms with Crippen LogP contribution in [0.1, 0.15) is 30.6 Å². The molecule has 4 aromatic rings. The van der Waals surface area contributed by atoms with E-state index in [1.54, 1.807) is 31.6 Å². The van der Waals surface area contributed by atoms with Crippen LogP contribution in [0.5, 0.6) is 6.01 Å². The molecule has 2 aromatic carbocycles. The van der Waals surface area contributed by atoms with E-state index < -0.39 is 17.8 Å². The zero-order valence-corrected chi connectivity index (χ0v) is 21.9. The van der Waals surface area contributed by atoms with Gasteiger partial charge in [0.1, 0.15) is 5.52 Å². The second-order valence-corrected chi connectivity index (χ2v) is 10.3. The molecule has 2 aliphatic heterocycles. The number of hydrogen-bond donors (Lipinski definition) is 3. The van der Waals surface area contributed by atoms with Gasteiger partial charge in [0.15, 0.2) is 11.9 Å². The maximum Gasteiger partial charge on any atom is 0.317 e. The van der Waals surface area contributed by atoms with Gasteiger partial charge in [-0.2, -0.15) is 10.1 Å². The molecule has 11 nitrogen and oxygen atoms in total. The maximum absolute atomic E-state index is 14.7. The molecule has 202 valence electrons. The van der Waals surface area contributed by atoms with Gasteiger partial charge in [0, 0.05) is 79.7 Å². The van der Waals surface area contributed by atoms with Gasteiger partial charge in [0.25, 0.3) is 11.8 Å². The monoisotopic (exact) mass is 532 g/mol. The fourth-order valence-corrected chi connectivity index (χ4v) is 5.42. The van der Waals surface area contributed by atoms with Crippen LogP contribution in [0.4, 0.5) is 15.8 Å². The number of nitrogens with one attached hydrogen (secondary N) is 3. The highest BCUT2D eigenvalue weighted by molar-refractivity contribution is 6.14. The van der Waals surface area contributed by atoms with Gasteiger partial charge in [-0.3, -0.25) is 14.3 Å². The summed E-state index contributed by atoms with van der Waals surface area (Å²) in [4.78, 5) is 36.8. The number of aryl methyl sites for hydroxylation is 1. The molecule has 0 aliphatic carbocycles. The lowest BCUT2D eigenvalue weighted by Crippen LogP contribution is -2.54. The van der Waals surface area contributed by atoms with Gasteiger partial charge in [-0.05, 0) is 38.1 Å². The number of aromatic nitrogens is 4. The predicted octanol–water partition coefficient (Wildman–Crippen LogP) is 2.36. The number of halogens is 1. The highest BCUT2D eigenvalue weighted by atomic mass is 19.1. The fourth-order valence-electron chi connectivity index (χ4n) is 5.42. The van der Waals surface area contributed by atoms with Crippen molar-refractivity contribution in [3.05, 3.63) is 48.0 Å². The Kier molecular flexibility index (Phi) is 6.26. The van der Waals surface area contributed by atoms with Gasteiger partial charge in [0.05, 0.1) is 11.1 Å². The molecule has 39 heavy (non-hydrogen) atoms. The number of piperazine rings is 1. The summed E-state index contributed by atoms with van der Waals surface area (Å²) in [5, 5.41) is 14.4. The van der Waals surface area contributed by atoms with Gasteiger partial charge >= 0.3 is 6.01 Å². The van der Waals surface area contributed by atoms with Crippen molar-refractivity contribution < 1.29 is 18.7 Å². The van der Waals surface area contributed by atoms with E-state index in [2.05, 4.69) is 49.8 Å². The first-order valence-corrected chi connectivity index (χ1v) is 12.9. The van der Waals surface area contributed by atoms with Crippen LogP contribution in [0.2, 0.25) is 0 Å². The summed E-state index contributed by atoms with van der Waals surface area (Å²) < 4.78 is 22.0. The van der Waals surface area contributed by atoms with Gasteiger partial charge in [0.2, 0.25) is 0 Å². The number of benzene rings is 2. The smallest absolute Gasteiger partial charge is 0.317 e. The molecular weight excluding hydrogens is 503 g/mol. The molecule has 2 saturated heterocycles. The number of nitrogens with zero attached hydrogens (tertiary/aromatic N) is 5. The van der Waals surface area contributed by atoms with Crippen molar-refractivity contribution in [3.8, 4) is 6.01 Å². The Balaban J connectivity index is 1.39. The minimum atomic E-state index is -0.688. The Labute approximate surface area is 223 Å². The largest absolute Gasteiger partial charge is 0.450 e. The van der Waals surface area contributed by atoms with Gasteiger partial charge in [-0.15, -0.1) is 0 Å². The van der Waals surface area contributed by atoms with Crippen molar-refractivity contribution >= 4 is 45.0 Å².